The minimum Gasteiger partial charge on any atom is -0.426 e. The van der Waals surface area contributed by atoms with Gasteiger partial charge in [-0.15, -0.1) is 0 Å². The number of fused-ring (bicyclic) bond motifs is 3. The lowest BCUT2D eigenvalue weighted by atomic mass is 10.0. The van der Waals surface area contributed by atoms with Gasteiger partial charge in [-0.3, -0.25) is 9.59 Å². The van der Waals surface area contributed by atoms with Crippen molar-refractivity contribution in [1.82, 2.24) is 10.2 Å². The molecule has 0 saturated heterocycles. The Kier molecular flexibility index (Phi) is 10.3. The lowest BCUT2D eigenvalue weighted by Crippen LogP contribution is -2.36. The number of hydrogen-bond donors (Lipinski definition) is 3. The number of nitrogens with one attached hydrogen (secondary N) is 1. The van der Waals surface area contributed by atoms with E-state index in [0.717, 1.165) is 53.9 Å². The van der Waals surface area contributed by atoms with Crippen LogP contribution in [-0.2, 0) is 9.59 Å². The molecule has 182 valence electrons. The number of hydrogen-bond acceptors (Lipinski definition) is 6. The Bertz CT molecular complexity index is 1090. The summed E-state index contributed by atoms with van der Waals surface area (Å²) < 4.78 is 5.55. The van der Waals surface area contributed by atoms with Crippen molar-refractivity contribution in [3.8, 4) is 5.75 Å². The van der Waals surface area contributed by atoms with Crippen LogP contribution >= 0.6 is 0 Å². The SMILES string of the molecule is NCCCNCCCCN(CCCN)C(=O)CC(=O)Oc1ccc2ccc3ccccc3c2c1. The molecule has 7 heteroatoms. The van der Waals surface area contributed by atoms with Crippen LogP contribution < -0.4 is 21.5 Å². The molecule has 0 saturated carbocycles. The Balaban J connectivity index is 1.56. The van der Waals surface area contributed by atoms with E-state index >= 15 is 0 Å². The fraction of sp³-hybridized carbons (Fsp3) is 0.407. The molecule has 0 aromatic heterocycles. The number of benzene rings is 3. The Morgan fingerprint density at radius 1 is 0.794 bits per heavy atom. The molecule has 0 unspecified atom stereocenters. The van der Waals surface area contributed by atoms with E-state index in [9.17, 15) is 9.59 Å². The second-order valence-electron chi connectivity index (χ2n) is 8.44. The lowest BCUT2D eigenvalue weighted by Gasteiger charge is -2.22. The molecular formula is C27H36N4O3. The van der Waals surface area contributed by atoms with Gasteiger partial charge < -0.3 is 26.4 Å². The Hall–Kier alpha value is -3.00. The van der Waals surface area contributed by atoms with Crippen LogP contribution in [-0.4, -0.2) is 56.0 Å². The van der Waals surface area contributed by atoms with Crippen molar-refractivity contribution in [3.05, 3.63) is 54.6 Å². The second-order valence-corrected chi connectivity index (χ2v) is 8.44. The van der Waals surface area contributed by atoms with E-state index in [1.807, 2.05) is 24.3 Å². The average Bonchev–Trinajstić information content (AvgIpc) is 2.85. The minimum absolute atomic E-state index is 0.222. The first-order chi connectivity index (χ1) is 16.6. The van der Waals surface area contributed by atoms with E-state index in [-0.39, 0.29) is 12.3 Å². The van der Waals surface area contributed by atoms with E-state index < -0.39 is 5.97 Å². The van der Waals surface area contributed by atoms with Crippen molar-refractivity contribution >= 4 is 33.4 Å². The number of ether oxygens (including phenoxy) is 1. The number of nitrogens with two attached hydrogens (primary N) is 2. The summed E-state index contributed by atoms with van der Waals surface area (Å²) in [6.07, 6.45) is 3.18. The molecule has 3 aromatic carbocycles. The van der Waals surface area contributed by atoms with Crippen molar-refractivity contribution in [3.63, 3.8) is 0 Å². The molecule has 1 amide bonds. The maximum Gasteiger partial charge on any atom is 0.320 e. The van der Waals surface area contributed by atoms with E-state index in [4.69, 9.17) is 16.2 Å². The average molecular weight is 465 g/mol. The molecular weight excluding hydrogens is 428 g/mol. The second kappa shape index (κ2) is 13.6. The van der Waals surface area contributed by atoms with Crippen LogP contribution in [0.4, 0.5) is 0 Å². The molecule has 0 aliphatic heterocycles. The zero-order valence-electron chi connectivity index (χ0n) is 19.8. The smallest absolute Gasteiger partial charge is 0.320 e. The molecule has 5 N–H and O–H groups in total. The van der Waals surface area contributed by atoms with E-state index in [2.05, 4.69) is 29.6 Å². The first kappa shape index (κ1) is 25.6. The van der Waals surface area contributed by atoms with Gasteiger partial charge in [0, 0.05) is 13.1 Å². The molecule has 0 aliphatic rings. The summed E-state index contributed by atoms with van der Waals surface area (Å²) in [6.45, 7) is 4.12. The third-order valence-electron chi connectivity index (χ3n) is 5.82. The summed E-state index contributed by atoms with van der Waals surface area (Å²) in [5, 5.41) is 7.64. The zero-order valence-corrected chi connectivity index (χ0v) is 19.8. The first-order valence-electron chi connectivity index (χ1n) is 12.1. The highest BCUT2D eigenvalue weighted by Crippen LogP contribution is 2.28. The molecule has 34 heavy (non-hydrogen) atoms. The van der Waals surface area contributed by atoms with Gasteiger partial charge in [-0.25, -0.2) is 0 Å². The molecule has 3 rings (SSSR count). The van der Waals surface area contributed by atoms with Crippen molar-refractivity contribution in [2.75, 3.05) is 39.3 Å². The van der Waals surface area contributed by atoms with Crippen LogP contribution in [0.5, 0.6) is 5.75 Å². The molecule has 0 fully saturated rings. The predicted octanol–water partition coefficient (Wildman–Crippen LogP) is 3.18. The standard InChI is InChI=1S/C27H36N4O3/c28-13-5-16-30-15-3-4-17-31(18-6-14-29)26(32)20-27(33)34-23-12-11-22-10-9-21-7-1-2-8-24(21)25(22)19-23/h1-2,7-12,19,30H,3-6,13-18,20,28-29H2. The van der Waals surface area contributed by atoms with Crippen LogP contribution in [0.1, 0.15) is 32.1 Å². The number of nitrogens with zero attached hydrogens (tertiary/aromatic N) is 1. The summed E-state index contributed by atoms with van der Waals surface area (Å²) in [7, 11) is 0. The van der Waals surface area contributed by atoms with Gasteiger partial charge >= 0.3 is 5.97 Å². The van der Waals surface area contributed by atoms with E-state index in [1.165, 1.54) is 0 Å². The largest absolute Gasteiger partial charge is 0.426 e. The van der Waals surface area contributed by atoms with Crippen LogP contribution in [0.2, 0.25) is 0 Å². The van der Waals surface area contributed by atoms with Crippen LogP contribution in [0.15, 0.2) is 54.6 Å². The number of carbonyl (C=O) groups is 2. The molecule has 0 bridgehead atoms. The molecule has 0 spiro atoms. The lowest BCUT2D eigenvalue weighted by molar-refractivity contribution is -0.142. The number of carbonyl (C=O) groups excluding carboxylic acids is 2. The topological polar surface area (TPSA) is 111 Å². The number of amides is 1. The van der Waals surface area contributed by atoms with Crippen LogP contribution in [0, 0.1) is 0 Å². The molecule has 0 atom stereocenters. The number of rotatable bonds is 14. The number of esters is 1. The summed E-state index contributed by atoms with van der Waals surface area (Å²) in [6, 6.07) is 17.8. The Morgan fingerprint density at radius 3 is 2.26 bits per heavy atom. The van der Waals surface area contributed by atoms with E-state index in [0.29, 0.717) is 38.3 Å². The van der Waals surface area contributed by atoms with Crippen LogP contribution in [0.25, 0.3) is 21.5 Å². The van der Waals surface area contributed by atoms with Gasteiger partial charge in [0.2, 0.25) is 5.91 Å². The highest BCUT2D eigenvalue weighted by molar-refractivity contribution is 6.08. The quantitative estimate of drug-likeness (QED) is 0.111. The van der Waals surface area contributed by atoms with E-state index in [1.54, 1.807) is 11.0 Å². The van der Waals surface area contributed by atoms with Gasteiger partial charge in [0.05, 0.1) is 0 Å². The summed E-state index contributed by atoms with van der Waals surface area (Å²) in [5.41, 5.74) is 11.1. The van der Waals surface area contributed by atoms with Crippen molar-refractivity contribution in [2.45, 2.75) is 32.1 Å². The first-order valence-corrected chi connectivity index (χ1v) is 12.1. The highest BCUT2D eigenvalue weighted by Gasteiger charge is 2.18. The van der Waals surface area contributed by atoms with Gasteiger partial charge in [0.15, 0.2) is 0 Å². The molecule has 0 aliphatic carbocycles. The summed E-state index contributed by atoms with van der Waals surface area (Å²) in [4.78, 5) is 27.1. The Labute approximate surface area is 201 Å². The van der Waals surface area contributed by atoms with Crippen molar-refractivity contribution in [1.29, 1.82) is 0 Å². The third kappa shape index (κ3) is 7.52. The minimum atomic E-state index is -0.550. The molecule has 0 heterocycles. The summed E-state index contributed by atoms with van der Waals surface area (Å²) >= 11 is 0. The zero-order chi connectivity index (χ0) is 24.2. The fourth-order valence-corrected chi connectivity index (χ4v) is 4.00. The van der Waals surface area contributed by atoms with Gasteiger partial charge in [0.25, 0.3) is 0 Å². The molecule has 3 aromatic rings. The number of unbranched alkanes of at least 4 members (excludes halogenated alkanes) is 1. The Morgan fingerprint density at radius 2 is 1.47 bits per heavy atom. The fourth-order valence-electron chi connectivity index (χ4n) is 4.00. The third-order valence-corrected chi connectivity index (χ3v) is 5.82. The maximum atomic E-state index is 12.8. The van der Waals surface area contributed by atoms with Gasteiger partial charge in [-0.2, -0.15) is 0 Å². The highest BCUT2D eigenvalue weighted by atomic mass is 16.5. The maximum absolute atomic E-state index is 12.8. The van der Waals surface area contributed by atoms with Crippen molar-refractivity contribution in [2.24, 2.45) is 11.5 Å². The van der Waals surface area contributed by atoms with Gasteiger partial charge in [0.1, 0.15) is 12.2 Å². The van der Waals surface area contributed by atoms with Gasteiger partial charge in [-0.05, 0) is 85.5 Å². The normalized spacial score (nSPS) is 11.1. The summed E-state index contributed by atoms with van der Waals surface area (Å²) in [5.74, 6) is -0.328. The van der Waals surface area contributed by atoms with Crippen LogP contribution in [0.3, 0.4) is 0 Å². The molecule has 7 nitrogen and oxygen atoms in total. The monoisotopic (exact) mass is 464 g/mol. The molecule has 0 radical (unpaired) electrons. The van der Waals surface area contributed by atoms with Crippen molar-refractivity contribution < 1.29 is 14.3 Å². The predicted molar refractivity (Wildman–Crippen MR) is 138 cm³/mol. The van der Waals surface area contributed by atoms with Gasteiger partial charge in [-0.1, -0.05) is 42.5 Å².